The van der Waals surface area contributed by atoms with Crippen molar-refractivity contribution in [1.82, 2.24) is 9.88 Å². The SMILES string of the molecule is C#CC1CN(C2CCC(c3nc(C)c(C)s3)CC2)C(Cc2ccc(Cl)cc2)CO1. The first kappa shape index (κ1) is 20.9. The number of ether oxygens (including phenoxy) is 1. The van der Waals surface area contributed by atoms with Gasteiger partial charge in [-0.3, -0.25) is 4.90 Å². The van der Waals surface area contributed by atoms with Crippen LogP contribution in [-0.4, -0.2) is 41.2 Å². The highest BCUT2D eigenvalue weighted by molar-refractivity contribution is 7.11. The minimum atomic E-state index is -0.0987. The van der Waals surface area contributed by atoms with Crippen molar-refractivity contribution >= 4 is 22.9 Å². The lowest BCUT2D eigenvalue weighted by atomic mass is 9.84. The molecule has 29 heavy (non-hydrogen) atoms. The second kappa shape index (κ2) is 9.18. The van der Waals surface area contributed by atoms with Crippen LogP contribution in [0.2, 0.25) is 5.02 Å². The first-order valence-corrected chi connectivity index (χ1v) is 11.7. The van der Waals surface area contributed by atoms with Gasteiger partial charge in [-0.05, 0) is 63.6 Å². The molecular formula is C24H29ClN2OS. The number of hydrogen-bond acceptors (Lipinski definition) is 4. The monoisotopic (exact) mass is 428 g/mol. The van der Waals surface area contributed by atoms with Crippen molar-refractivity contribution in [2.24, 2.45) is 0 Å². The molecule has 1 aromatic heterocycles. The minimum Gasteiger partial charge on any atom is -0.363 e. The van der Waals surface area contributed by atoms with Gasteiger partial charge in [0.05, 0.1) is 17.3 Å². The van der Waals surface area contributed by atoms with Crippen LogP contribution in [0.25, 0.3) is 0 Å². The predicted molar refractivity (Wildman–Crippen MR) is 121 cm³/mol. The van der Waals surface area contributed by atoms with Gasteiger partial charge in [0.2, 0.25) is 0 Å². The van der Waals surface area contributed by atoms with Crippen molar-refractivity contribution in [2.45, 2.75) is 70.1 Å². The number of aromatic nitrogens is 1. The maximum atomic E-state index is 6.06. The van der Waals surface area contributed by atoms with Crippen LogP contribution in [0.5, 0.6) is 0 Å². The molecule has 1 aromatic carbocycles. The van der Waals surface area contributed by atoms with E-state index >= 15 is 0 Å². The summed E-state index contributed by atoms with van der Waals surface area (Å²) >= 11 is 7.94. The predicted octanol–water partition coefficient (Wildman–Crippen LogP) is 5.38. The van der Waals surface area contributed by atoms with E-state index < -0.39 is 0 Å². The van der Waals surface area contributed by atoms with Gasteiger partial charge in [0, 0.05) is 34.4 Å². The van der Waals surface area contributed by atoms with Crippen molar-refractivity contribution in [2.75, 3.05) is 13.2 Å². The summed E-state index contributed by atoms with van der Waals surface area (Å²) in [6.07, 6.45) is 11.4. The number of rotatable bonds is 4. The molecular weight excluding hydrogens is 400 g/mol. The molecule has 0 spiro atoms. The Balaban J connectivity index is 1.43. The number of halogens is 1. The Kier molecular flexibility index (Phi) is 6.61. The van der Waals surface area contributed by atoms with Gasteiger partial charge in [0.1, 0.15) is 6.10 Å². The highest BCUT2D eigenvalue weighted by atomic mass is 35.5. The summed E-state index contributed by atoms with van der Waals surface area (Å²) in [4.78, 5) is 8.82. The van der Waals surface area contributed by atoms with Gasteiger partial charge in [-0.15, -0.1) is 17.8 Å². The molecule has 2 fully saturated rings. The number of thiazole rings is 1. The van der Waals surface area contributed by atoms with E-state index in [-0.39, 0.29) is 6.10 Å². The first-order valence-electron chi connectivity index (χ1n) is 10.6. The van der Waals surface area contributed by atoms with Gasteiger partial charge in [0.15, 0.2) is 0 Å². The zero-order valence-electron chi connectivity index (χ0n) is 17.2. The Hall–Kier alpha value is -1.38. The first-order chi connectivity index (χ1) is 14.0. The Labute approximate surface area is 183 Å². The molecule has 2 heterocycles. The van der Waals surface area contributed by atoms with Crippen LogP contribution in [0.4, 0.5) is 0 Å². The van der Waals surface area contributed by atoms with E-state index in [1.807, 2.05) is 23.5 Å². The minimum absolute atomic E-state index is 0.0987. The maximum Gasteiger partial charge on any atom is 0.130 e. The van der Waals surface area contributed by atoms with Crippen LogP contribution >= 0.6 is 22.9 Å². The summed E-state index contributed by atoms with van der Waals surface area (Å²) in [6.45, 7) is 5.83. The topological polar surface area (TPSA) is 25.4 Å². The second-order valence-electron chi connectivity index (χ2n) is 8.37. The van der Waals surface area contributed by atoms with E-state index in [4.69, 9.17) is 27.7 Å². The molecule has 1 aliphatic carbocycles. The summed E-state index contributed by atoms with van der Waals surface area (Å²) in [5.41, 5.74) is 2.50. The van der Waals surface area contributed by atoms with Crippen molar-refractivity contribution in [3.05, 3.63) is 50.4 Å². The van der Waals surface area contributed by atoms with E-state index in [0.29, 0.717) is 24.6 Å². The number of hydrogen-bond donors (Lipinski definition) is 0. The van der Waals surface area contributed by atoms with E-state index in [1.54, 1.807) is 0 Å². The third-order valence-electron chi connectivity index (χ3n) is 6.47. The van der Waals surface area contributed by atoms with Crippen molar-refractivity contribution in [3.63, 3.8) is 0 Å². The molecule has 2 atom stereocenters. The number of aryl methyl sites for hydroxylation is 2. The Morgan fingerprint density at radius 3 is 2.55 bits per heavy atom. The molecule has 0 radical (unpaired) electrons. The molecule has 5 heteroatoms. The molecule has 154 valence electrons. The normalized spacial score (nSPS) is 28.2. The molecule has 1 saturated heterocycles. The molecule has 2 aliphatic rings. The average molecular weight is 429 g/mol. The van der Waals surface area contributed by atoms with Crippen LogP contribution in [0, 0.1) is 26.2 Å². The van der Waals surface area contributed by atoms with E-state index in [0.717, 1.165) is 18.0 Å². The van der Waals surface area contributed by atoms with E-state index in [1.165, 1.54) is 46.8 Å². The van der Waals surface area contributed by atoms with Gasteiger partial charge >= 0.3 is 0 Å². The summed E-state index contributed by atoms with van der Waals surface area (Å²) in [5, 5.41) is 2.11. The highest BCUT2D eigenvalue weighted by Gasteiger charge is 2.36. The van der Waals surface area contributed by atoms with E-state index in [2.05, 4.69) is 36.8 Å². The third kappa shape index (κ3) is 4.86. The van der Waals surface area contributed by atoms with Crippen molar-refractivity contribution < 1.29 is 4.74 Å². The van der Waals surface area contributed by atoms with Crippen LogP contribution < -0.4 is 0 Å². The largest absolute Gasteiger partial charge is 0.363 e. The van der Waals surface area contributed by atoms with Gasteiger partial charge in [-0.2, -0.15) is 0 Å². The fourth-order valence-electron chi connectivity index (χ4n) is 4.66. The number of morpholine rings is 1. The smallest absolute Gasteiger partial charge is 0.130 e. The standard InChI is InChI=1S/C24H29ClN2OS/c1-4-23-14-27(22(15-28-23)13-18-5-9-20(25)10-6-18)21-11-7-19(8-12-21)24-26-16(2)17(3)29-24/h1,5-6,9-10,19,21-23H,7-8,11-15H2,2-3H3. The van der Waals surface area contributed by atoms with Crippen molar-refractivity contribution in [3.8, 4) is 12.3 Å². The molecule has 2 aromatic rings. The second-order valence-corrected chi connectivity index (χ2v) is 10.0. The zero-order chi connectivity index (χ0) is 20.4. The summed E-state index contributed by atoms with van der Waals surface area (Å²) in [6, 6.07) is 9.13. The van der Waals surface area contributed by atoms with E-state index in [9.17, 15) is 0 Å². The van der Waals surface area contributed by atoms with Crippen LogP contribution in [-0.2, 0) is 11.2 Å². The molecule has 1 saturated carbocycles. The number of nitrogens with zero attached hydrogens (tertiary/aromatic N) is 2. The molecule has 1 aliphatic heterocycles. The Morgan fingerprint density at radius 1 is 1.21 bits per heavy atom. The molecule has 0 bridgehead atoms. The van der Waals surface area contributed by atoms with Gasteiger partial charge in [-0.1, -0.05) is 29.7 Å². The number of terminal acetylenes is 1. The van der Waals surface area contributed by atoms with Crippen molar-refractivity contribution in [1.29, 1.82) is 0 Å². The molecule has 0 amide bonds. The Bertz CT molecular complexity index is 844. The molecule has 4 rings (SSSR count). The van der Waals surface area contributed by atoms with Crippen LogP contribution in [0.3, 0.4) is 0 Å². The molecule has 3 nitrogen and oxygen atoms in total. The lowest BCUT2D eigenvalue weighted by molar-refractivity contribution is -0.0625. The van der Waals surface area contributed by atoms with Crippen LogP contribution in [0.1, 0.15) is 52.7 Å². The summed E-state index contributed by atoms with van der Waals surface area (Å²) < 4.78 is 5.95. The summed E-state index contributed by atoms with van der Waals surface area (Å²) in [7, 11) is 0. The summed E-state index contributed by atoms with van der Waals surface area (Å²) in [5.74, 6) is 3.43. The fraction of sp³-hybridized carbons (Fsp3) is 0.542. The number of benzene rings is 1. The third-order valence-corrected chi connectivity index (χ3v) is 7.95. The maximum absolute atomic E-state index is 6.06. The average Bonchev–Trinajstić information content (AvgIpc) is 3.08. The quantitative estimate of drug-likeness (QED) is 0.611. The van der Waals surface area contributed by atoms with Crippen LogP contribution in [0.15, 0.2) is 24.3 Å². The lowest BCUT2D eigenvalue weighted by Crippen LogP contribution is -2.55. The van der Waals surface area contributed by atoms with Gasteiger partial charge in [-0.25, -0.2) is 4.98 Å². The van der Waals surface area contributed by atoms with Gasteiger partial charge in [0.25, 0.3) is 0 Å². The van der Waals surface area contributed by atoms with Gasteiger partial charge < -0.3 is 4.74 Å². The Morgan fingerprint density at radius 2 is 1.93 bits per heavy atom. The lowest BCUT2D eigenvalue weighted by Gasteiger charge is -2.45. The highest BCUT2D eigenvalue weighted by Crippen LogP contribution is 2.38. The molecule has 2 unspecified atom stereocenters. The zero-order valence-corrected chi connectivity index (χ0v) is 18.8. The fourth-order valence-corrected chi connectivity index (χ4v) is 5.88. The molecule has 0 N–H and O–H groups in total.